The lowest BCUT2D eigenvalue weighted by Crippen LogP contribution is -3.00. The van der Waals surface area contributed by atoms with E-state index in [0.29, 0.717) is 0 Å². The fourth-order valence-corrected chi connectivity index (χ4v) is 2.72. The molecular weight excluding hydrogens is 211 g/mol. The summed E-state index contributed by atoms with van der Waals surface area (Å²) in [6.45, 7) is 9.63. The Bertz CT molecular complexity index is 107. The standard InChI is InChI=1S/C12H28P.ClH/c1-5-6-7-8-9-10-11-12-13(2,3)4;/h5-12H2,1-4H3;1H/q+1;/p-1. The van der Waals surface area contributed by atoms with Crippen molar-refractivity contribution < 1.29 is 12.4 Å². The Morgan fingerprint density at radius 1 is 0.714 bits per heavy atom. The van der Waals surface area contributed by atoms with E-state index in [4.69, 9.17) is 0 Å². The molecule has 0 aromatic carbocycles. The summed E-state index contributed by atoms with van der Waals surface area (Å²) in [6.07, 6.45) is 11.7. The summed E-state index contributed by atoms with van der Waals surface area (Å²) in [5.41, 5.74) is 0. The third-order valence-electron chi connectivity index (χ3n) is 2.43. The molecule has 0 fully saturated rings. The molecule has 0 heterocycles. The smallest absolute Gasteiger partial charge is 0.0586 e. The van der Waals surface area contributed by atoms with Gasteiger partial charge in [-0.3, -0.25) is 0 Å². The van der Waals surface area contributed by atoms with Gasteiger partial charge in [0.25, 0.3) is 0 Å². The van der Waals surface area contributed by atoms with E-state index in [-0.39, 0.29) is 12.4 Å². The molecule has 0 N–H and O–H groups in total. The Kier molecular flexibility index (Phi) is 12.5. The fourth-order valence-electron chi connectivity index (χ4n) is 1.54. The Morgan fingerprint density at radius 3 is 1.57 bits per heavy atom. The molecule has 0 aromatic rings. The SMILES string of the molecule is CCCCCCCCC[P+](C)(C)C.[Cl-]. The molecule has 0 amide bonds. The summed E-state index contributed by atoms with van der Waals surface area (Å²) in [5, 5.41) is 0. The van der Waals surface area contributed by atoms with Gasteiger partial charge in [0.15, 0.2) is 0 Å². The number of rotatable bonds is 8. The molecule has 2 heteroatoms. The van der Waals surface area contributed by atoms with Crippen molar-refractivity contribution in [1.29, 1.82) is 0 Å². The Balaban J connectivity index is 0. The largest absolute Gasteiger partial charge is 1.00 e. The number of hydrogen-bond donors (Lipinski definition) is 0. The molecule has 0 atom stereocenters. The van der Waals surface area contributed by atoms with Crippen LogP contribution in [0, 0.1) is 0 Å². The Labute approximate surface area is 98.0 Å². The van der Waals surface area contributed by atoms with Crippen LogP contribution in [0.2, 0.25) is 0 Å². The van der Waals surface area contributed by atoms with Crippen molar-refractivity contribution >= 4 is 7.26 Å². The van der Waals surface area contributed by atoms with Crippen molar-refractivity contribution in [3.8, 4) is 0 Å². The highest BCUT2D eigenvalue weighted by atomic mass is 35.5. The first-order chi connectivity index (χ1) is 6.06. The van der Waals surface area contributed by atoms with Gasteiger partial charge in [0.05, 0.1) is 6.16 Å². The zero-order chi connectivity index (χ0) is 10.2. The van der Waals surface area contributed by atoms with Gasteiger partial charge in [-0.05, 0) is 12.8 Å². The van der Waals surface area contributed by atoms with Gasteiger partial charge < -0.3 is 12.4 Å². The van der Waals surface area contributed by atoms with E-state index in [9.17, 15) is 0 Å². The maximum Gasteiger partial charge on any atom is 0.0586 e. The maximum atomic E-state index is 2.45. The van der Waals surface area contributed by atoms with E-state index in [2.05, 4.69) is 26.9 Å². The van der Waals surface area contributed by atoms with Crippen molar-refractivity contribution in [3.63, 3.8) is 0 Å². The van der Waals surface area contributed by atoms with Crippen LogP contribution in [0.1, 0.15) is 51.9 Å². The first-order valence-electron chi connectivity index (χ1n) is 5.86. The molecule has 0 aromatic heterocycles. The molecule has 0 saturated carbocycles. The molecular formula is C12H28ClP. The van der Waals surface area contributed by atoms with Crippen LogP contribution in [0.25, 0.3) is 0 Å². The third-order valence-corrected chi connectivity index (χ3v) is 4.09. The molecule has 0 nitrogen and oxygen atoms in total. The summed E-state index contributed by atoms with van der Waals surface area (Å²) < 4.78 is 0. The average molecular weight is 239 g/mol. The lowest BCUT2D eigenvalue weighted by atomic mass is 10.1. The highest BCUT2D eigenvalue weighted by Crippen LogP contribution is 2.47. The van der Waals surface area contributed by atoms with E-state index in [1.54, 1.807) is 0 Å². The van der Waals surface area contributed by atoms with Crippen LogP contribution in [-0.2, 0) is 0 Å². The Hall–Kier alpha value is 0.720. The molecule has 88 valence electrons. The van der Waals surface area contributed by atoms with Gasteiger partial charge in [0.2, 0.25) is 0 Å². The lowest BCUT2D eigenvalue weighted by Gasteiger charge is -2.10. The summed E-state index contributed by atoms with van der Waals surface area (Å²) in [7, 11) is -0.477. The fraction of sp³-hybridized carbons (Fsp3) is 1.00. The normalized spacial score (nSPS) is 11.1. The third kappa shape index (κ3) is 15.2. The minimum absolute atomic E-state index is 0. The average Bonchev–Trinajstić information content (AvgIpc) is 2.01. The molecule has 14 heavy (non-hydrogen) atoms. The van der Waals surface area contributed by atoms with Gasteiger partial charge in [-0.2, -0.15) is 0 Å². The monoisotopic (exact) mass is 238 g/mol. The number of hydrogen-bond acceptors (Lipinski definition) is 0. The van der Waals surface area contributed by atoms with Crippen LogP contribution in [-0.4, -0.2) is 26.2 Å². The van der Waals surface area contributed by atoms with Crippen LogP contribution in [0.5, 0.6) is 0 Å². The second-order valence-corrected chi connectivity index (χ2v) is 10.2. The highest BCUT2D eigenvalue weighted by Gasteiger charge is 2.15. The summed E-state index contributed by atoms with van der Waals surface area (Å²) in [5.74, 6) is 0. The summed E-state index contributed by atoms with van der Waals surface area (Å²) in [4.78, 5) is 0. The number of unbranched alkanes of at least 4 members (excludes halogenated alkanes) is 6. The Morgan fingerprint density at radius 2 is 1.14 bits per heavy atom. The van der Waals surface area contributed by atoms with Gasteiger partial charge in [0.1, 0.15) is 0 Å². The van der Waals surface area contributed by atoms with E-state index in [0.717, 1.165) is 0 Å². The molecule has 0 aliphatic heterocycles. The van der Waals surface area contributed by atoms with Crippen LogP contribution in [0.4, 0.5) is 0 Å². The zero-order valence-electron chi connectivity index (χ0n) is 10.5. The predicted octanol–water partition coefficient (Wildman–Crippen LogP) is 1.65. The van der Waals surface area contributed by atoms with Crippen molar-refractivity contribution in [2.75, 3.05) is 26.2 Å². The molecule has 0 unspecified atom stereocenters. The van der Waals surface area contributed by atoms with Crippen LogP contribution in [0.3, 0.4) is 0 Å². The zero-order valence-corrected chi connectivity index (χ0v) is 12.1. The van der Waals surface area contributed by atoms with Crippen molar-refractivity contribution in [3.05, 3.63) is 0 Å². The predicted molar refractivity (Wildman–Crippen MR) is 67.6 cm³/mol. The second kappa shape index (κ2) is 10.2. The minimum atomic E-state index is -0.477. The van der Waals surface area contributed by atoms with E-state index < -0.39 is 7.26 Å². The van der Waals surface area contributed by atoms with Gasteiger partial charge in [-0.15, -0.1) is 0 Å². The van der Waals surface area contributed by atoms with Crippen molar-refractivity contribution in [2.24, 2.45) is 0 Å². The second-order valence-electron chi connectivity index (χ2n) is 5.14. The molecule has 0 rings (SSSR count). The van der Waals surface area contributed by atoms with Crippen LogP contribution in [0.15, 0.2) is 0 Å². The molecule has 0 radical (unpaired) electrons. The van der Waals surface area contributed by atoms with Crippen LogP contribution < -0.4 is 12.4 Å². The lowest BCUT2D eigenvalue weighted by molar-refractivity contribution is -0.00000323. The molecule has 0 bridgehead atoms. The van der Waals surface area contributed by atoms with Crippen LogP contribution >= 0.6 is 7.26 Å². The van der Waals surface area contributed by atoms with Gasteiger partial charge >= 0.3 is 0 Å². The first kappa shape index (κ1) is 17.1. The molecule has 0 spiro atoms. The highest BCUT2D eigenvalue weighted by molar-refractivity contribution is 7.73. The number of halogens is 1. The van der Waals surface area contributed by atoms with E-state index in [1.807, 2.05) is 0 Å². The minimum Gasteiger partial charge on any atom is -1.00 e. The van der Waals surface area contributed by atoms with Gasteiger partial charge in [0, 0.05) is 27.3 Å². The van der Waals surface area contributed by atoms with Crippen molar-refractivity contribution in [2.45, 2.75) is 51.9 Å². The van der Waals surface area contributed by atoms with E-state index in [1.165, 1.54) is 51.1 Å². The molecule has 0 aliphatic rings. The topological polar surface area (TPSA) is 0 Å². The van der Waals surface area contributed by atoms with Gasteiger partial charge in [-0.1, -0.05) is 39.0 Å². The quantitative estimate of drug-likeness (QED) is 0.446. The van der Waals surface area contributed by atoms with Gasteiger partial charge in [-0.25, -0.2) is 0 Å². The molecule has 0 aliphatic carbocycles. The maximum absolute atomic E-state index is 2.45. The van der Waals surface area contributed by atoms with E-state index >= 15 is 0 Å². The first-order valence-corrected chi connectivity index (χ1v) is 9.18. The van der Waals surface area contributed by atoms with Crippen molar-refractivity contribution in [1.82, 2.24) is 0 Å². The molecule has 0 saturated heterocycles. The summed E-state index contributed by atoms with van der Waals surface area (Å²) >= 11 is 0. The summed E-state index contributed by atoms with van der Waals surface area (Å²) in [6, 6.07) is 0.